The van der Waals surface area contributed by atoms with Gasteiger partial charge in [-0.05, 0) is 51.9 Å². The highest BCUT2D eigenvalue weighted by atomic mass is 16.2. The number of carbonyl (C=O) groups excluding carboxylic acids is 1. The van der Waals surface area contributed by atoms with Crippen molar-refractivity contribution in [2.45, 2.75) is 25.7 Å². The third-order valence-electron chi connectivity index (χ3n) is 4.69. The number of benzene rings is 1. The van der Waals surface area contributed by atoms with E-state index in [0.29, 0.717) is 19.6 Å². The number of rotatable bonds is 6. The lowest BCUT2D eigenvalue weighted by molar-refractivity contribution is 0.148. The van der Waals surface area contributed by atoms with E-state index in [1.165, 1.54) is 5.56 Å². The van der Waals surface area contributed by atoms with Crippen LogP contribution >= 0.6 is 0 Å². The van der Waals surface area contributed by atoms with Crippen molar-refractivity contribution >= 4 is 6.03 Å². The Morgan fingerprint density at radius 3 is 2.54 bits per heavy atom. The molecule has 0 aromatic heterocycles. The summed E-state index contributed by atoms with van der Waals surface area (Å²) >= 11 is 0. The molecule has 2 rings (SSSR count). The van der Waals surface area contributed by atoms with Crippen molar-refractivity contribution in [1.82, 2.24) is 15.1 Å². The van der Waals surface area contributed by atoms with Crippen LogP contribution in [0, 0.1) is 16.7 Å². The molecule has 5 nitrogen and oxygen atoms in total. The number of nitriles is 1. The number of hydrogen-bond acceptors (Lipinski definition) is 3. The van der Waals surface area contributed by atoms with Crippen molar-refractivity contribution in [3.63, 3.8) is 0 Å². The minimum absolute atomic E-state index is 0.00000651. The van der Waals surface area contributed by atoms with Gasteiger partial charge in [0.1, 0.15) is 0 Å². The van der Waals surface area contributed by atoms with Gasteiger partial charge in [0.15, 0.2) is 0 Å². The van der Waals surface area contributed by atoms with Gasteiger partial charge in [0, 0.05) is 19.6 Å². The SMILES string of the molecule is CN(C)CCCNC(=O)N1CCC(C#N)(Cc2ccccc2)CC1. The van der Waals surface area contributed by atoms with Gasteiger partial charge < -0.3 is 15.1 Å². The summed E-state index contributed by atoms with van der Waals surface area (Å²) in [4.78, 5) is 16.2. The van der Waals surface area contributed by atoms with Crippen molar-refractivity contribution in [3.8, 4) is 6.07 Å². The Hall–Kier alpha value is -2.06. The van der Waals surface area contributed by atoms with Crippen LogP contribution < -0.4 is 5.32 Å². The minimum Gasteiger partial charge on any atom is -0.338 e. The quantitative estimate of drug-likeness (QED) is 0.816. The first-order valence-electron chi connectivity index (χ1n) is 8.67. The maximum Gasteiger partial charge on any atom is 0.317 e. The molecule has 1 aromatic carbocycles. The van der Waals surface area contributed by atoms with Gasteiger partial charge in [0.05, 0.1) is 11.5 Å². The summed E-state index contributed by atoms with van der Waals surface area (Å²) in [5.74, 6) is 0. The van der Waals surface area contributed by atoms with Crippen molar-refractivity contribution in [2.75, 3.05) is 40.3 Å². The molecule has 0 saturated carbocycles. The zero-order chi connectivity index (χ0) is 17.4. The topological polar surface area (TPSA) is 59.4 Å². The summed E-state index contributed by atoms with van der Waals surface area (Å²) in [7, 11) is 4.06. The predicted molar refractivity (Wildman–Crippen MR) is 95.6 cm³/mol. The number of amides is 2. The molecule has 24 heavy (non-hydrogen) atoms. The first kappa shape index (κ1) is 18.3. The molecule has 0 aliphatic carbocycles. The molecular weight excluding hydrogens is 300 g/mol. The third kappa shape index (κ3) is 5.24. The van der Waals surface area contributed by atoms with Crippen molar-refractivity contribution in [3.05, 3.63) is 35.9 Å². The van der Waals surface area contributed by atoms with Gasteiger partial charge in [0.25, 0.3) is 0 Å². The summed E-state index contributed by atoms with van der Waals surface area (Å²) in [6.45, 7) is 2.97. The van der Waals surface area contributed by atoms with Crippen LogP contribution in [0.15, 0.2) is 30.3 Å². The Labute approximate surface area is 145 Å². The highest BCUT2D eigenvalue weighted by Crippen LogP contribution is 2.34. The summed E-state index contributed by atoms with van der Waals surface area (Å²) in [5.41, 5.74) is 0.851. The van der Waals surface area contributed by atoms with E-state index in [1.54, 1.807) is 0 Å². The zero-order valence-corrected chi connectivity index (χ0v) is 14.8. The fourth-order valence-electron chi connectivity index (χ4n) is 3.15. The summed E-state index contributed by atoms with van der Waals surface area (Å²) < 4.78 is 0. The second-order valence-electron chi connectivity index (χ2n) is 6.93. The lowest BCUT2D eigenvalue weighted by atomic mass is 9.75. The Morgan fingerprint density at radius 2 is 1.96 bits per heavy atom. The molecule has 1 N–H and O–H groups in total. The first-order valence-corrected chi connectivity index (χ1v) is 8.67. The van der Waals surface area contributed by atoms with Crippen LogP contribution in [0.25, 0.3) is 0 Å². The van der Waals surface area contributed by atoms with Gasteiger partial charge in [-0.1, -0.05) is 30.3 Å². The Kier molecular flexibility index (Phi) is 6.62. The fourth-order valence-corrected chi connectivity index (χ4v) is 3.15. The molecule has 0 radical (unpaired) electrons. The molecule has 0 spiro atoms. The van der Waals surface area contributed by atoms with E-state index in [1.807, 2.05) is 37.2 Å². The Bertz CT molecular complexity index is 556. The third-order valence-corrected chi connectivity index (χ3v) is 4.69. The van der Waals surface area contributed by atoms with Gasteiger partial charge in [-0.2, -0.15) is 5.26 Å². The second-order valence-corrected chi connectivity index (χ2v) is 6.93. The molecule has 1 heterocycles. The second kappa shape index (κ2) is 8.70. The molecule has 1 saturated heterocycles. The number of nitrogens with one attached hydrogen (secondary N) is 1. The van der Waals surface area contributed by atoms with Crippen molar-refractivity contribution in [1.29, 1.82) is 5.26 Å². The van der Waals surface area contributed by atoms with Crippen LogP contribution in [0.1, 0.15) is 24.8 Å². The number of urea groups is 1. The molecular formula is C19H28N4O. The summed E-state index contributed by atoms with van der Waals surface area (Å²) in [6, 6.07) is 12.7. The molecule has 0 unspecified atom stereocenters. The number of nitrogens with zero attached hydrogens (tertiary/aromatic N) is 3. The van der Waals surface area contributed by atoms with Gasteiger partial charge in [-0.3, -0.25) is 0 Å². The highest BCUT2D eigenvalue weighted by molar-refractivity contribution is 5.74. The highest BCUT2D eigenvalue weighted by Gasteiger charge is 2.36. The van der Waals surface area contributed by atoms with E-state index in [2.05, 4.69) is 28.4 Å². The smallest absolute Gasteiger partial charge is 0.317 e. The average Bonchev–Trinajstić information content (AvgIpc) is 2.60. The zero-order valence-electron chi connectivity index (χ0n) is 14.8. The van der Waals surface area contributed by atoms with Crippen LogP contribution in [0.3, 0.4) is 0 Å². The van der Waals surface area contributed by atoms with E-state index in [0.717, 1.165) is 32.2 Å². The minimum atomic E-state index is -0.344. The summed E-state index contributed by atoms with van der Waals surface area (Å²) in [6.07, 6.45) is 3.19. The van der Waals surface area contributed by atoms with Gasteiger partial charge in [-0.25, -0.2) is 4.79 Å². The molecule has 2 amide bonds. The van der Waals surface area contributed by atoms with Gasteiger partial charge in [0.2, 0.25) is 0 Å². The molecule has 1 aromatic rings. The lowest BCUT2D eigenvalue weighted by Crippen LogP contribution is -2.48. The molecule has 1 fully saturated rings. The van der Waals surface area contributed by atoms with Gasteiger partial charge in [-0.15, -0.1) is 0 Å². The first-order chi connectivity index (χ1) is 11.5. The van der Waals surface area contributed by atoms with Crippen molar-refractivity contribution < 1.29 is 4.79 Å². The number of hydrogen-bond donors (Lipinski definition) is 1. The fraction of sp³-hybridized carbons (Fsp3) is 0.579. The van der Waals surface area contributed by atoms with E-state index in [4.69, 9.17) is 0 Å². The van der Waals surface area contributed by atoms with Gasteiger partial charge >= 0.3 is 6.03 Å². The van der Waals surface area contributed by atoms with E-state index >= 15 is 0 Å². The van der Waals surface area contributed by atoms with E-state index < -0.39 is 0 Å². The maximum absolute atomic E-state index is 12.2. The predicted octanol–water partition coefficient (Wildman–Crippen LogP) is 2.50. The van der Waals surface area contributed by atoms with Crippen LogP contribution in [0.4, 0.5) is 4.79 Å². The lowest BCUT2D eigenvalue weighted by Gasteiger charge is -2.37. The molecule has 1 aliphatic heterocycles. The van der Waals surface area contributed by atoms with Crippen molar-refractivity contribution in [2.24, 2.45) is 5.41 Å². The van der Waals surface area contributed by atoms with Crippen LogP contribution in [0.5, 0.6) is 0 Å². The summed E-state index contributed by atoms with van der Waals surface area (Å²) in [5, 5.41) is 12.7. The molecule has 130 valence electrons. The monoisotopic (exact) mass is 328 g/mol. The van der Waals surface area contributed by atoms with Crippen LogP contribution in [-0.4, -0.2) is 56.1 Å². The maximum atomic E-state index is 12.2. The molecule has 0 bridgehead atoms. The largest absolute Gasteiger partial charge is 0.338 e. The number of carbonyl (C=O) groups is 1. The molecule has 1 aliphatic rings. The normalized spacial score (nSPS) is 16.7. The van der Waals surface area contributed by atoms with E-state index in [-0.39, 0.29) is 11.4 Å². The van der Waals surface area contributed by atoms with Crippen LogP contribution in [0.2, 0.25) is 0 Å². The standard InChI is InChI=1S/C19H28N4O/c1-22(2)12-6-11-21-18(24)23-13-9-19(16-20,10-14-23)15-17-7-4-3-5-8-17/h3-5,7-8H,6,9-15H2,1-2H3,(H,21,24). The van der Waals surface area contributed by atoms with E-state index in [9.17, 15) is 10.1 Å². The Morgan fingerprint density at radius 1 is 1.29 bits per heavy atom. The average molecular weight is 328 g/mol. The molecule has 0 atom stereocenters. The number of piperidine rings is 1. The number of likely N-dealkylation sites (tertiary alicyclic amines) is 1. The molecule has 5 heteroatoms. The van der Waals surface area contributed by atoms with Crippen LogP contribution in [-0.2, 0) is 6.42 Å². The Balaban J connectivity index is 1.80.